The number of pyridine rings is 1. The van der Waals surface area contributed by atoms with E-state index in [0.717, 1.165) is 35.4 Å². The predicted octanol–water partition coefficient (Wildman–Crippen LogP) is 1.81. The summed E-state index contributed by atoms with van der Waals surface area (Å²) in [5.41, 5.74) is 9.05. The number of nitrogen functional groups attached to an aromatic ring is 1. The van der Waals surface area contributed by atoms with E-state index in [1.54, 1.807) is 6.20 Å². The monoisotopic (exact) mass is 244 g/mol. The topological polar surface area (TPSA) is 45.4 Å². The van der Waals surface area contributed by atoms with Crippen LogP contribution in [0.5, 0.6) is 0 Å². The quantitative estimate of drug-likeness (QED) is 0.833. The molecule has 2 aromatic rings. The normalized spacial score (nSPS) is 11.1. The number of benzene rings is 1. The van der Waals surface area contributed by atoms with Gasteiger partial charge in [-0.2, -0.15) is 0 Å². The third-order valence-electron chi connectivity index (χ3n) is 3.10. The Labute approximate surface area is 108 Å². The molecular formula is C14H20N4. The molecule has 0 aliphatic rings. The summed E-state index contributed by atoms with van der Waals surface area (Å²) in [5, 5.41) is 1.02. The molecule has 18 heavy (non-hydrogen) atoms. The summed E-state index contributed by atoms with van der Waals surface area (Å²) >= 11 is 0. The van der Waals surface area contributed by atoms with Crippen LogP contribution in [0.4, 0.5) is 11.4 Å². The zero-order valence-electron chi connectivity index (χ0n) is 11.2. The zero-order valence-corrected chi connectivity index (χ0v) is 11.2. The van der Waals surface area contributed by atoms with Gasteiger partial charge in [0.15, 0.2) is 0 Å². The second-order valence-electron chi connectivity index (χ2n) is 4.79. The largest absolute Gasteiger partial charge is 0.396 e. The van der Waals surface area contributed by atoms with Crippen LogP contribution >= 0.6 is 0 Å². The number of hydrogen-bond acceptors (Lipinski definition) is 4. The van der Waals surface area contributed by atoms with Crippen molar-refractivity contribution in [2.24, 2.45) is 0 Å². The van der Waals surface area contributed by atoms with Crippen LogP contribution in [-0.4, -0.2) is 44.1 Å². The van der Waals surface area contributed by atoms with E-state index < -0.39 is 0 Å². The average Bonchev–Trinajstić information content (AvgIpc) is 2.37. The Balaban J connectivity index is 2.31. The maximum atomic E-state index is 6.23. The molecule has 0 saturated carbocycles. The molecule has 0 radical (unpaired) electrons. The maximum Gasteiger partial charge on any atom is 0.0724 e. The number of aromatic nitrogens is 1. The minimum absolute atomic E-state index is 0.807. The SMILES string of the molecule is CN(C)CCN(C)c1ccc2ncccc2c1N. The van der Waals surface area contributed by atoms with Gasteiger partial charge >= 0.3 is 0 Å². The summed E-state index contributed by atoms with van der Waals surface area (Å²) < 4.78 is 0. The van der Waals surface area contributed by atoms with E-state index in [9.17, 15) is 0 Å². The van der Waals surface area contributed by atoms with Crippen molar-refractivity contribution in [2.45, 2.75) is 0 Å². The fourth-order valence-electron chi connectivity index (χ4n) is 1.97. The van der Waals surface area contributed by atoms with Crippen LogP contribution in [-0.2, 0) is 0 Å². The molecule has 1 aromatic heterocycles. The molecule has 1 heterocycles. The van der Waals surface area contributed by atoms with Crippen LogP contribution in [0.3, 0.4) is 0 Å². The lowest BCUT2D eigenvalue weighted by molar-refractivity contribution is 0.416. The van der Waals surface area contributed by atoms with E-state index in [1.165, 1.54) is 0 Å². The van der Waals surface area contributed by atoms with Gasteiger partial charge in [-0.05, 0) is 38.4 Å². The Morgan fingerprint density at radius 1 is 1.11 bits per heavy atom. The first-order chi connectivity index (χ1) is 8.59. The van der Waals surface area contributed by atoms with E-state index in [4.69, 9.17) is 5.73 Å². The van der Waals surface area contributed by atoms with Crippen molar-refractivity contribution in [1.29, 1.82) is 0 Å². The highest BCUT2D eigenvalue weighted by Crippen LogP contribution is 2.29. The molecule has 2 N–H and O–H groups in total. The van der Waals surface area contributed by atoms with Crippen LogP contribution in [0.15, 0.2) is 30.5 Å². The van der Waals surface area contributed by atoms with Crippen LogP contribution in [0.25, 0.3) is 10.9 Å². The van der Waals surface area contributed by atoms with Gasteiger partial charge in [-0.3, -0.25) is 4.98 Å². The fourth-order valence-corrected chi connectivity index (χ4v) is 1.97. The molecule has 0 saturated heterocycles. The summed E-state index contributed by atoms with van der Waals surface area (Å²) in [6, 6.07) is 8.00. The first kappa shape index (κ1) is 12.6. The van der Waals surface area contributed by atoms with Gasteiger partial charge in [-0.1, -0.05) is 0 Å². The van der Waals surface area contributed by atoms with E-state index >= 15 is 0 Å². The van der Waals surface area contributed by atoms with Gasteiger partial charge < -0.3 is 15.5 Å². The Kier molecular flexibility index (Phi) is 3.67. The lowest BCUT2D eigenvalue weighted by Gasteiger charge is -2.23. The first-order valence-electron chi connectivity index (χ1n) is 6.08. The van der Waals surface area contributed by atoms with Crippen LogP contribution in [0.1, 0.15) is 0 Å². The highest BCUT2D eigenvalue weighted by molar-refractivity contribution is 5.97. The lowest BCUT2D eigenvalue weighted by Crippen LogP contribution is -2.28. The Hall–Kier alpha value is -1.81. The smallest absolute Gasteiger partial charge is 0.0724 e. The minimum Gasteiger partial charge on any atom is -0.396 e. The van der Waals surface area contributed by atoms with Gasteiger partial charge in [-0.15, -0.1) is 0 Å². The highest BCUT2D eigenvalue weighted by atomic mass is 15.2. The van der Waals surface area contributed by atoms with Gasteiger partial charge in [0.05, 0.1) is 16.9 Å². The number of likely N-dealkylation sites (N-methyl/N-ethyl adjacent to an activating group) is 2. The van der Waals surface area contributed by atoms with Crippen molar-refractivity contribution in [3.8, 4) is 0 Å². The Morgan fingerprint density at radius 3 is 2.61 bits per heavy atom. The average molecular weight is 244 g/mol. The Bertz CT molecular complexity index is 536. The number of nitrogens with two attached hydrogens (primary N) is 1. The molecule has 0 unspecified atom stereocenters. The summed E-state index contributed by atoms with van der Waals surface area (Å²) in [7, 11) is 6.21. The number of rotatable bonds is 4. The molecule has 4 nitrogen and oxygen atoms in total. The predicted molar refractivity (Wildman–Crippen MR) is 78.0 cm³/mol. The molecule has 0 aliphatic carbocycles. The second-order valence-corrected chi connectivity index (χ2v) is 4.79. The molecule has 0 atom stereocenters. The molecule has 96 valence electrons. The fraction of sp³-hybridized carbons (Fsp3) is 0.357. The van der Waals surface area contributed by atoms with E-state index in [0.29, 0.717) is 0 Å². The summed E-state index contributed by atoms with van der Waals surface area (Å²) in [6.07, 6.45) is 1.79. The zero-order chi connectivity index (χ0) is 13.1. The van der Waals surface area contributed by atoms with Crippen molar-refractivity contribution in [1.82, 2.24) is 9.88 Å². The minimum atomic E-state index is 0.807. The molecule has 4 heteroatoms. The van der Waals surface area contributed by atoms with Gasteiger partial charge in [-0.25, -0.2) is 0 Å². The molecule has 2 rings (SSSR count). The van der Waals surface area contributed by atoms with Gasteiger partial charge in [0.2, 0.25) is 0 Å². The Morgan fingerprint density at radius 2 is 1.89 bits per heavy atom. The summed E-state index contributed by atoms with van der Waals surface area (Å²) in [4.78, 5) is 8.65. The third kappa shape index (κ3) is 2.54. The van der Waals surface area contributed by atoms with Crippen LogP contribution < -0.4 is 10.6 Å². The standard InChI is InChI=1S/C14H20N4/c1-17(2)9-10-18(3)13-7-6-12-11(14(13)15)5-4-8-16-12/h4-8H,9-10,15H2,1-3H3. The van der Waals surface area contributed by atoms with Crippen LogP contribution in [0, 0.1) is 0 Å². The van der Waals surface area contributed by atoms with E-state index in [-0.39, 0.29) is 0 Å². The number of nitrogens with zero attached hydrogens (tertiary/aromatic N) is 3. The number of fused-ring (bicyclic) bond motifs is 1. The van der Waals surface area contributed by atoms with Crippen molar-refractivity contribution < 1.29 is 0 Å². The van der Waals surface area contributed by atoms with Gasteiger partial charge in [0.1, 0.15) is 0 Å². The molecule has 0 spiro atoms. The van der Waals surface area contributed by atoms with Gasteiger partial charge in [0, 0.05) is 31.7 Å². The number of hydrogen-bond donors (Lipinski definition) is 1. The van der Waals surface area contributed by atoms with E-state index in [1.807, 2.05) is 24.3 Å². The summed E-state index contributed by atoms with van der Waals surface area (Å²) in [6.45, 7) is 1.95. The van der Waals surface area contributed by atoms with Crippen LogP contribution in [0.2, 0.25) is 0 Å². The molecule has 0 aliphatic heterocycles. The molecule has 1 aromatic carbocycles. The van der Waals surface area contributed by atoms with E-state index in [2.05, 4.69) is 35.9 Å². The lowest BCUT2D eigenvalue weighted by atomic mass is 10.1. The number of anilines is 2. The highest BCUT2D eigenvalue weighted by Gasteiger charge is 2.09. The van der Waals surface area contributed by atoms with Crippen molar-refractivity contribution >= 4 is 22.3 Å². The second kappa shape index (κ2) is 5.23. The first-order valence-corrected chi connectivity index (χ1v) is 6.08. The molecule has 0 bridgehead atoms. The van der Waals surface area contributed by atoms with Crippen molar-refractivity contribution in [3.63, 3.8) is 0 Å². The third-order valence-corrected chi connectivity index (χ3v) is 3.10. The summed E-state index contributed by atoms with van der Waals surface area (Å²) in [5.74, 6) is 0. The molecule has 0 fully saturated rings. The van der Waals surface area contributed by atoms with Gasteiger partial charge in [0.25, 0.3) is 0 Å². The van der Waals surface area contributed by atoms with Crippen molar-refractivity contribution in [3.05, 3.63) is 30.5 Å². The maximum absolute atomic E-state index is 6.23. The molecule has 0 amide bonds. The van der Waals surface area contributed by atoms with Crippen molar-refractivity contribution in [2.75, 3.05) is 44.9 Å². The molecular weight excluding hydrogens is 224 g/mol.